The van der Waals surface area contributed by atoms with E-state index < -0.39 is 0 Å². The van der Waals surface area contributed by atoms with Gasteiger partial charge in [0.2, 0.25) is 0 Å². The first kappa shape index (κ1) is 16.1. The molecule has 2 N–H and O–H groups in total. The number of phenols is 1. The van der Waals surface area contributed by atoms with Crippen LogP contribution in [0.3, 0.4) is 0 Å². The van der Waals surface area contributed by atoms with Crippen molar-refractivity contribution in [2.45, 2.75) is 31.3 Å². The summed E-state index contributed by atoms with van der Waals surface area (Å²) in [6.45, 7) is 2.22. The number of carbonyl (C=O) groups excluding carboxylic acids is 1. The zero-order chi connectivity index (χ0) is 17.2. The predicted molar refractivity (Wildman–Crippen MR) is 95.4 cm³/mol. The van der Waals surface area contributed by atoms with E-state index in [1.807, 2.05) is 12.3 Å². The average Bonchev–Trinajstić information content (AvgIpc) is 2.66. The Kier molecular flexibility index (Phi) is 4.40. The van der Waals surface area contributed by atoms with Crippen molar-refractivity contribution < 1.29 is 9.90 Å². The van der Waals surface area contributed by atoms with Crippen LogP contribution < -0.4 is 5.32 Å². The Balaban J connectivity index is 1.52. The molecule has 130 valence electrons. The topological polar surface area (TPSA) is 65.5 Å². The van der Waals surface area contributed by atoms with Gasteiger partial charge in [-0.05, 0) is 74.2 Å². The molecule has 3 saturated heterocycles. The second-order valence-corrected chi connectivity index (χ2v) is 7.05. The highest BCUT2D eigenvalue weighted by Gasteiger charge is 2.42. The number of aromatic nitrogens is 1. The summed E-state index contributed by atoms with van der Waals surface area (Å²) in [5.74, 6) is 0.650. The first-order valence-corrected chi connectivity index (χ1v) is 8.93. The molecular formula is C20H23N3O2. The van der Waals surface area contributed by atoms with Crippen molar-refractivity contribution in [2.75, 3.05) is 13.1 Å². The molecule has 5 heteroatoms. The van der Waals surface area contributed by atoms with Gasteiger partial charge >= 0.3 is 0 Å². The van der Waals surface area contributed by atoms with Crippen LogP contribution in [0.1, 0.15) is 28.8 Å². The summed E-state index contributed by atoms with van der Waals surface area (Å²) in [7, 11) is 0. The van der Waals surface area contributed by atoms with Crippen molar-refractivity contribution >= 4 is 5.91 Å². The number of phenolic OH excluding ortho intramolecular Hbond substituents is 1. The zero-order valence-corrected chi connectivity index (χ0v) is 14.1. The summed E-state index contributed by atoms with van der Waals surface area (Å²) in [5.41, 5.74) is 1.80. The summed E-state index contributed by atoms with van der Waals surface area (Å²) in [4.78, 5) is 19.4. The van der Waals surface area contributed by atoms with Gasteiger partial charge in [0.1, 0.15) is 5.75 Å². The summed E-state index contributed by atoms with van der Waals surface area (Å²) in [6, 6.07) is 11.0. The van der Waals surface area contributed by atoms with E-state index in [0.717, 1.165) is 32.4 Å². The number of hydrogen-bond acceptors (Lipinski definition) is 4. The first-order chi connectivity index (χ1) is 12.2. The van der Waals surface area contributed by atoms with E-state index in [1.165, 1.54) is 5.56 Å². The highest BCUT2D eigenvalue weighted by molar-refractivity contribution is 5.94. The van der Waals surface area contributed by atoms with Crippen LogP contribution in [0.25, 0.3) is 0 Å². The summed E-state index contributed by atoms with van der Waals surface area (Å²) >= 11 is 0. The van der Waals surface area contributed by atoms with Crippen LogP contribution in [0.15, 0.2) is 48.8 Å². The predicted octanol–water partition coefficient (Wildman–Crippen LogP) is 2.22. The molecule has 25 heavy (non-hydrogen) atoms. The number of amides is 1. The van der Waals surface area contributed by atoms with E-state index in [4.69, 9.17) is 0 Å². The Morgan fingerprint density at radius 1 is 1.20 bits per heavy atom. The number of piperidine rings is 3. The Labute approximate surface area is 147 Å². The molecule has 3 aliphatic rings. The normalized spacial score (nSPS) is 27.8. The second-order valence-electron chi connectivity index (χ2n) is 7.05. The number of hydrogen-bond donors (Lipinski definition) is 2. The molecule has 2 aromatic rings. The number of nitrogens with one attached hydrogen (secondary N) is 1. The number of benzene rings is 1. The number of pyridine rings is 1. The molecule has 4 heterocycles. The molecule has 2 bridgehead atoms. The highest BCUT2D eigenvalue weighted by Crippen LogP contribution is 2.34. The van der Waals surface area contributed by atoms with Crippen molar-refractivity contribution in [1.82, 2.24) is 15.2 Å². The van der Waals surface area contributed by atoms with Gasteiger partial charge < -0.3 is 10.4 Å². The summed E-state index contributed by atoms with van der Waals surface area (Å²) < 4.78 is 0. The van der Waals surface area contributed by atoms with Crippen molar-refractivity contribution in [3.05, 3.63) is 59.9 Å². The van der Waals surface area contributed by atoms with Gasteiger partial charge in [0, 0.05) is 30.0 Å². The third-order valence-electron chi connectivity index (χ3n) is 5.56. The van der Waals surface area contributed by atoms with Gasteiger partial charge in [-0.1, -0.05) is 6.07 Å². The molecule has 1 amide bonds. The fraction of sp³-hybridized carbons (Fsp3) is 0.400. The van der Waals surface area contributed by atoms with Crippen LogP contribution in [-0.4, -0.2) is 46.1 Å². The smallest absolute Gasteiger partial charge is 0.251 e. The fourth-order valence-electron chi connectivity index (χ4n) is 4.23. The molecule has 5 rings (SSSR count). The maximum absolute atomic E-state index is 12.7. The molecule has 0 aliphatic carbocycles. The second kappa shape index (κ2) is 6.84. The van der Waals surface area contributed by atoms with Crippen LogP contribution >= 0.6 is 0 Å². The third kappa shape index (κ3) is 3.37. The number of rotatable bonds is 4. The summed E-state index contributed by atoms with van der Waals surface area (Å²) in [5, 5.41) is 12.7. The van der Waals surface area contributed by atoms with Gasteiger partial charge in [0.05, 0.1) is 0 Å². The van der Waals surface area contributed by atoms with Gasteiger partial charge in [-0.15, -0.1) is 0 Å². The Hall–Kier alpha value is -2.40. The number of aromatic hydroxyl groups is 1. The van der Waals surface area contributed by atoms with Crippen LogP contribution in [0.5, 0.6) is 5.75 Å². The van der Waals surface area contributed by atoms with Crippen molar-refractivity contribution in [3.8, 4) is 5.75 Å². The maximum atomic E-state index is 12.7. The number of carbonyl (C=O) groups is 1. The minimum absolute atomic E-state index is 0.0602. The standard InChI is InChI=1S/C20H23N3O2/c24-17-5-3-16(4-6-17)20(25)22-19-15-7-10-23(11-8-15)18(19)12-14-2-1-9-21-13-14/h1-6,9,13,15,18-19,24H,7-8,10-12H2,(H,22,25)/t18-,19+/m0/s1. The molecule has 3 fully saturated rings. The van der Waals surface area contributed by atoms with E-state index in [2.05, 4.69) is 21.3 Å². The molecule has 0 spiro atoms. The molecule has 0 unspecified atom stereocenters. The van der Waals surface area contributed by atoms with Gasteiger partial charge in [-0.25, -0.2) is 0 Å². The lowest BCUT2D eigenvalue weighted by molar-refractivity contribution is 0.0136. The van der Waals surface area contributed by atoms with Crippen molar-refractivity contribution in [3.63, 3.8) is 0 Å². The molecule has 0 saturated carbocycles. The van der Waals surface area contributed by atoms with Gasteiger partial charge in [0.25, 0.3) is 5.91 Å². The highest BCUT2D eigenvalue weighted by atomic mass is 16.3. The van der Waals surface area contributed by atoms with E-state index in [-0.39, 0.29) is 17.7 Å². The third-order valence-corrected chi connectivity index (χ3v) is 5.56. The number of fused-ring (bicyclic) bond motifs is 3. The van der Waals surface area contributed by atoms with Gasteiger partial charge in [-0.3, -0.25) is 14.7 Å². The van der Waals surface area contributed by atoms with Crippen molar-refractivity contribution in [2.24, 2.45) is 5.92 Å². The average molecular weight is 337 g/mol. The van der Waals surface area contributed by atoms with E-state index >= 15 is 0 Å². The van der Waals surface area contributed by atoms with E-state index in [1.54, 1.807) is 30.5 Å². The van der Waals surface area contributed by atoms with Crippen molar-refractivity contribution in [1.29, 1.82) is 0 Å². The van der Waals surface area contributed by atoms with Crippen LogP contribution in [0.2, 0.25) is 0 Å². The summed E-state index contributed by atoms with van der Waals surface area (Å²) in [6.07, 6.45) is 6.90. The fourth-order valence-corrected chi connectivity index (χ4v) is 4.23. The molecule has 1 aromatic heterocycles. The molecule has 2 atom stereocenters. The lowest BCUT2D eigenvalue weighted by Gasteiger charge is -2.51. The first-order valence-electron chi connectivity index (χ1n) is 8.93. The molecule has 1 aromatic carbocycles. The minimum Gasteiger partial charge on any atom is -0.508 e. The van der Waals surface area contributed by atoms with Crippen LogP contribution in [0.4, 0.5) is 0 Å². The molecular weight excluding hydrogens is 314 g/mol. The largest absolute Gasteiger partial charge is 0.508 e. The van der Waals surface area contributed by atoms with Gasteiger partial charge in [0.15, 0.2) is 0 Å². The Morgan fingerprint density at radius 2 is 1.96 bits per heavy atom. The SMILES string of the molecule is O=C(N[C@@H]1C2CCN(CC2)[C@H]1Cc1cccnc1)c1ccc(O)cc1. The van der Waals surface area contributed by atoms with E-state index in [0.29, 0.717) is 17.5 Å². The number of nitrogens with zero attached hydrogens (tertiary/aromatic N) is 2. The Bertz CT molecular complexity index is 724. The molecule has 3 aliphatic heterocycles. The lowest BCUT2D eigenvalue weighted by atomic mass is 9.76. The maximum Gasteiger partial charge on any atom is 0.251 e. The lowest BCUT2D eigenvalue weighted by Crippen LogP contribution is -2.64. The van der Waals surface area contributed by atoms with Gasteiger partial charge in [-0.2, -0.15) is 0 Å². The molecule has 5 nitrogen and oxygen atoms in total. The molecule has 0 radical (unpaired) electrons. The Morgan fingerprint density at radius 3 is 2.64 bits per heavy atom. The van der Waals surface area contributed by atoms with Crippen LogP contribution in [-0.2, 0) is 6.42 Å². The zero-order valence-electron chi connectivity index (χ0n) is 14.1. The van der Waals surface area contributed by atoms with Crippen LogP contribution in [0, 0.1) is 5.92 Å². The monoisotopic (exact) mass is 337 g/mol. The minimum atomic E-state index is -0.0602. The van der Waals surface area contributed by atoms with E-state index in [9.17, 15) is 9.90 Å². The quantitative estimate of drug-likeness (QED) is 0.898.